The SMILES string of the molecule is C=C(CC(NCCCC)c1cc(OC)c(OC)c(OC)c1)CN1CCN(CC2C=C(c3cc(OC)c(C)c(OC)c3)N(C)N2)CC1. The Bertz CT molecular complexity index is 1290. The fourth-order valence-corrected chi connectivity index (χ4v) is 6.42. The van der Waals surface area contributed by atoms with E-state index in [4.69, 9.17) is 23.7 Å². The topological polar surface area (TPSA) is 79.9 Å². The number of nitrogens with one attached hydrogen (secondary N) is 2. The highest BCUT2D eigenvalue weighted by molar-refractivity contribution is 5.70. The molecule has 2 aliphatic heterocycles. The van der Waals surface area contributed by atoms with Gasteiger partial charge in [0, 0.05) is 63.5 Å². The van der Waals surface area contributed by atoms with Crippen LogP contribution in [-0.4, -0.2) is 109 Å². The minimum atomic E-state index is 0.105. The van der Waals surface area contributed by atoms with Crippen LogP contribution in [0.4, 0.5) is 0 Å². The zero-order chi connectivity index (χ0) is 33.2. The van der Waals surface area contributed by atoms with Crippen LogP contribution in [0, 0.1) is 6.92 Å². The molecule has 0 radical (unpaired) electrons. The summed E-state index contributed by atoms with van der Waals surface area (Å²) in [4.78, 5) is 5.07. The smallest absolute Gasteiger partial charge is 0.203 e. The molecule has 0 bridgehead atoms. The number of methoxy groups -OCH3 is 5. The first kappa shape index (κ1) is 35.4. The van der Waals surface area contributed by atoms with Gasteiger partial charge in [0.2, 0.25) is 5.75 Å². The van der Waals surface area contributed by atoms with Crippen LogP contribution in [0.25, 0.3) is 5.70 Å². The van der Waals surface area contributed by atoms with Crippen LogP contribution in [0.15, 0.2) is 42.5 Å². The molecule has 10 nitrogen and oxygen atoms in total. The molecule has 0 spiro atoms. The summed E-state index contributed by atoms with van der Waals surface area (Å²) >= 11 is 0. The summed E-state index contributed by atoms with van der Waals surface area (Å²) < 4.78 is 28.1. The van der Waals surface area contributed by atoms with Gasteiger partial charge in [-0.25, -0.2) is 5.43 Å². The summed E-state index contributed by atoms with van der Waals surface area (Å²) in [6.07, 6.45) is 5.40. The third-order valence-electron chi connectivity index (χ3n) is 9.00. The Labute approximate surface area is 276 Å². The van der Waals surface area contributed by atoms with Crippen LogP contribution in [0.5, 0.6) is 28.7 Å². The highest BCUT2D eigenvalue weighted by Crippen LogP contribution is 2.40. The van der Waals surface area contributed by atoms with E-state index in [1.807, 2.05) is 6.92 Å². The molecule has 0 aromatic heterocycles. The Balaban J connectivity index is 1.34. The molecule has 2 atom stereocenters. The largest absolute Gasteiger partial charge is 0.496 e. The summed E-state index contributed by atoms with van der Waals surface area (Å²) in [6, 6.07) is 8.61. The molecule has 4 rings (SSSR count). The summed E-state index contributed by atoms with van der Waals surface area (Å²) in [6.45, 7) is 15.6. The second-order valence-electron chi connectivity index (χ2n) is 12.2. The molecule has 0 amide bonds. The highest BCUT2D eigenvalue weighted by Gasteiger charge is 2.27. The summed E-state index contributed by atoms with van der Waals surface area (Å²) in [5.74, 6) is 3.61. The number of ether oxygens (including phenoxy) is 5. The van der Waals surface area contributed by atoms with Crippen LogP contribution in [0.3, 0.4) is 0 Å². The first-order chi connectivity index (χ1) is 22.2. The number of rotatable bonds is 17. The number of hydrogen-bond donors (Lipinski definition) is 2. The van der Waals surface area contributed by atoms with Crippen molar-refractivity contribution in [2.75, 3.05) is 88.4 Å². The van der Waals surface area contributed by atoms with E-state index in [0.717, 1.165) is 99.0 Å². The Hall–Kier alpha value is -3.44. The molecule has 2 heterocycles. The lowest BCUT2D eigenvalue weighted by atomic mass is 9.97. The van der Waals surface area contributed by atoms with Gasteiger partial charge in [-0.15, -0.1) is 0 Å². The van der Waals surface area contributed by atoms with Crippen molar-refractivity contribution in [3.05, 3.63) is 59.2 Å². The summed E-state index contributed by atoms with van der Waals surface area (Å²) in [5.41, 5.74) is 9.16. The van der Waals surface area contributed by atoms with Crippen LogP contribution in [-0.2, 0) is 0 Å². The maximum atomic E-state index is 5.65. The van der Waals surface area contributed by atoms with Crippen LogP contribution >= 0.6 is 0 Å². The van der Waals surface area contributed by atoms with Gasteiger partial charge in [0.1, 0.15) is 11.5 Å². The molecule has 2 aromatic carbocycles. The molecule has 0 saturated carbocycles. The van der Waals surface area contributed by atoms with Crippen molar-refractivity contribution in [2.45, 2.75) is 45.2 Å². The van der Waals surface area contributed by atoms with Gasteiger partial charge in [0.05, 0.1) is 47.3 Å². The molecular formula is C36H55N5O5. The number of hydrazine groups is 1. The monoisotopic (exact) mass is 637 g/mol. The lowest BCUT2D eigenvalue weighted by Gasteiger charge is -2.36. The van der Waals surface area contributed by atoms with Crippen molar-refractivity contribution in [1.82, 2.24) is 25.6 Å². The first-order valence-corrected chi connectivity index (χ1v) is 16.3. The van der Waals surface area contributed by atoms with Gasteiger partial charge in [0.15, 0.2) is 11.5 Å². The van der Waals surface area contributed by atoms with E-state index in [1.165, 1.54) is 5.57 Å². The Morgan fingerprint density at radius 3 is 2.02 bits per heavy atom. The zero-order valence-corrected chi connectivity index (χ0v) is 29.2. The fourth-order valence-electron chi connectivity index (χ4n) is 6.42. The first-order valence-electron chi connectivity index (χ1n) is 16.3. The van der Waals surface area contributed by atoms with Gasteiger partial charge in [-0.1, -0.05) is 25.5 Å². The molecule has 2 unspecified atom stereocenters. The van der Waals surface area contributed by atoms with Gasteiger partial charge >= 0.3 is 0 Å². The minimum Gasteiger partial charge on any atom is -0.496 e. The molecule has 2 aromatic rings. The number of unbranched alkanes of at least 4 members (excludes halogenated alkanes) is 1. The Morgan fingerprint density at radius 1 is 0.891 bits per heavy atom. The lowest BCUT2D eigenvalue weighted by Crippen LogP contribution is -2.50. The van der Waals surface area contributed by atoms with Gasteiger partial charge < -0.3 is 34.0 Å². The maximum Gasteiger partial charge on any atom is 0.203 e. The van der Waals surface area contributed by atoms with E-state index >= 15 is 0 Å². The average molecular weight is 638 g/mol. The molecule has 1 saturated heterocycles. The molecule has 10 heteroatoms. The maximum absolute atomic E-state index is 5.65. The van der Waals surface area contributed by atoms with E-state index in [0.29, 0.717) is 17.2 Å². The van der Waals surface area contributed by atoms with E-state index < -0.39 is 0 Å². The van der Waals surface area contributed by atoms with E-state index in [-0.39, 0.29) is 12.1 Å². The number of hydrogen-bond acceptors (Lipinski definition) is 10. The molecule has 2 aliphatic rings. The standard InChI is InChI=1S/C36H55N5O5/c1-10-11-12-37-30(27-18-34(44-7)36(46-9)35(19-27)45-8)17-25(2)23-40-13-15-41(16-14-40)24-29-22-31(39(4)38-29)28-20-32(42-5)26(3)33(21-28)43-6/h18-22,29-30,37-38H,2,10-17,23-24H2,1,3-9H3. The number of nitrogens with zero attached hydrogens (tertiary/aromatic N) is 3. The van der Waals surface area contributed by atoms with Gasteiger partial charge in [-0.05, 0) is 62.2 Å². The van der Waals surface area contributed by atoms with Crippen molar-refractivity contribution < 1.29 is 23.7 Å². The normalized spacial score (nSPS) is 17.9. The second-order valence-corrected chi connectivity index (χ2v) is 12.2. The minimum absolute atomic E-state index is 0.105. The Kier molecular flexibility index (Phi) is 13.0. The van der Waals surface area contributed by atoms with Crippen LogP contribution < -0.4 is 34.4 Å². The van der Waals surface area contributed by atoms with Crippen molar-refractivity contribution >= 4 is 5.70 Å². The molecule has 46 heavy (non-hydrogen) atoms. The number of benzene rings is 2. The van der Waals surface area contributed by atoms with Gasteiger partial charge in [-0.3, -0.25) is 9.80 Å². The second kappa shape index (κ2) is 16.9. The van der Waals surface area contributed by atoms with E-state index in [1.54, 1.807) is 35.5 Å². The predicted molar refractivity (Wildman–Crippen MR) is 185 cm³/mol. The van der Waals surface area contributed by atoms with Crippen LogP contribution in [0.2, 0.25) is 0 Å². The summed E-state index contributed by atoms with van der Waals surface area (Å²) in [7, 11) is 10.4. The van der Waals surface area contributed by atoms with Crippen molar-refractivity contribution in [3.8, 4) is 28.7 Å². The molecule has 2 N–H and O–H groups in total. The average Bonchev–Trinajstić information content (AvgIpc) is 3.43. The highest BCUT2D eigenvalue weighted by atomic mass is 16.5. The van der Waals surface area contributed by atoms with Crippen molar-refractivity contribution in [3.63, 3.8) is 0 Å². The van der Waals surface area contributed by atoms with Gasteiger partial charge in [0.25, 0.3) is 0 Å². The Morgan fingerprint density at radius 2 is 1.48 bits per heavy atom. The quantitative estimate of drug-likeness (QED) is 0.185. The molecule has 1 fully saturated rings. The van der Waals surface area contributed by atoms with E-state index in [2.05, 4.69) is 76.4 Å². The lowest BCUT2D eigenvalue weighted by molar-refractivity contribution is 0.129. The predicted octanol–water partition coefficient (Wildman–Crippen LogP) is 4.89. The van der Waals surface area contributed by atoms with Crippen molar-refractivity contribution in [1.29, 1.82) is 0 Å². The molecule has 254 valence electrons. The third-order valence-corrected chi connectivity index (χ3v) is 9.00. The van der Waals surface area contributed by atoms with E-state index in [9.17, 15) is 0 Å². The number of piperazine rings is 1. The molecular weight excluding hydrogens is 582 g/mol. The summed E-state index contributed by atoms with van der Waals surface area (Å²) in [5, 5.41) is 5.86. The van der Waals surface area contributed by atoms with Crippen molar-refractivity contribution in [2.24, 2.45) is 0 Å². The zero-order valence-electron chi connectivity index (χ0n) is 29.2. The fraction of sp³-hybridized carbons (Fsp3) is 0.556. The van der Waals surface area contributed by atoms with Gasteiger partial charge in [-0.2, -0.15) is 0 Å². The van der Waals surface area contributed by atoms with Crippen LogP contribution in [0.1, 0.15) is 48.9 Å². The molecule has 0 aliphatic carbocycles. The third kappa shape index (κ3) is 8.67.